The van der Waals surface area contributed by atoms with Crippen LogP contribution >= 0.6 is 0 Å². The van der Waals surface area contributed by atoms with E-state index in [2.05, 4.69) is 21.6 Å². The highest BCUT2D eigenvalue weighted by atomic mass is 15.1. The molecule has 1 aromatic rings. The molecule has 0 bridgehead atoms. The third-order valence-electron chi connectivity index (χ3n) is 1.40. The van der Waals surface area contributed by atoms with Gasteiger partial charge < -0.3 is 4.57 Å². The maximum absolute atomic E-state index is 8.07. The minimum Gasteiger partial charge on any atom is -0.337 e. The van der Waals surface area contributed by atoms with Crippen molar-refractivity contribution in [2.75, 3.05) is 0 Å². The van der Waals surface area contributed by atoms with Crippen LogP contribution in [0.25, 0.3) is 10.4 Å². The number of nitrogens with zero attached hydrogens (tertiary/aromatic N) is 5. The van der Waals surface area contributed by atoms with Crippen molar-refractivity contribution in [2.24, 2.45) is 5.11 Å². The first-order valence-corrected chi connectivity index (χ1v) is 3.51. The van der Waals surface area contributed by atoms with E-state index in [-0.39, 0.29) is 0 Å². The fourth-order valence-corrected chi connectivity index (χ4v) is 0.790. The lowest BCUT2D eigenvalue weighted by Crippen LogP contribution is -1.94. The largest absolute Gasteiger partial charge is 0.337 e. The van der Waals surface area contributed by atoms with Gasteiger partial charge in [-0.3, -0.25) is 0 Å². The van der Waals surface area contributed by atoms with E-state index in [0.717, 1.165) is 6.54 Å². The molecule has 12 heavy (non-hydrogen) atoms. The smallest absolute Gasteiger partial charge is 0.0946 e. The summed E-state index contributed by atoms with van der Waals surface area (Å²) in [6, 6.07) is 0. The molecule has 0 saturated heterocycles. The van der Waals surface area contributed by atoms with Crippen LogP contribution < -0.4 is 0 Å². The van der Waals surface area contributed by atoms with Crippen molar-refractivity contribution in [1.29, 1.82) is 0 Å². The van der Waals surface area contributed by atoms with Crippen LogP contribution in [0.4, 0.5) is 0 Å². The Balaban J connectivity index is 2.36. The van der Waals surface area contributed by atoms with Crippen LogP contribution in [0.5, 0.6) is 0 Å². The van der Waals surface area contributed by atoms with Crippen LogP contribution in [0.3, 0.4) is 0 Å². The monoisotopic (exact) mass is 163 g/mol. The predicted molar refractivity (Wildman–Crippen MR) is 45.1 cm³/mol. The Bertz CT molecular complexity index is 294. The summed E-state index contributed by atoms with van der Waals surface area (Å²) < 4.78 is 1.90. The van der Waals surface area contributed by atoms with Gasteiger partial charge in [-0.2, -0.15) is 0 Å². The second-order valence-electron chi connectivity index (χ2n) is 2.31. The van der Waals surface area contributed by atoms with Crippen LogP contribution in [0.2, 0.25) is 0 Å². The third kappa shape index (κ3) is 2.48. The molecule has 0 aliphatic heterocycles. The number of imidazole rings is 1. The molecule has 0 aromatic carbocycles. The normalized spacial score (nSPS) is 9.00. The first-order valence-electron chi connectivity index (χ1n) is 3.51. The first-order chi connectivity index (χ1) is 5.83. The minimum atomic E-state index is 0.547. The topological polar surface area (TPSA) is 66.6 Å². The summed E-state index contributed by atoms with van der Waals surface area (Å²) >= 11 is 0. The number of azide groups is 1. The van der Waals surface area contributed by atoms with E-state index >= 15 is 0 Å². The van der Waals surface area contributed by atoms with E-state index < -0.39 is 0 Å². The molecule has 5 heteroatoms. The molecule has 0 spiro atoms. The molecule has 0 saturated carbocycles. The van der Waals surface area contributed by atoms with Crippen molar-refractivity contribution in [1.82, 2.24) is 9.55 Å². The summed E-state index contributed by atoms with van der Waals surface area (Å²) in [6.45, 7) is 4.34. The second-order valence-corrected chi connectivity index (χ2v) is 2.31. The number of hydrogen-bond acceptors (Lipinski definition) is 2. The lowest BCUT2D eigenvalue weighted by atomic mass is 10.3. The molecule has 0 atom stereocenters. The molecule has 0 N–H and O–H groups in total. The van der Waals surface area contributed by atoms with Gasteiger partial charge in [-0.25, -0.2) is 4.98 Å². The summed E-state index contributed by atoms with van der Waals surface area (Å²) in [7, 11) is 0. The van der Waals surface area contributed by atoms with Gasteiger partial charge in [0.25, 0.3) is 0 Å². The third-order valence-corrected chi connectivity index (χ3v) is 1.40. The van der Waals surface area contributed by atoms with Gasteiger partial charge in [-0.1, -0.05) is 11.7 Å². The van der Waals surface area contributed by atoms with E-state index in [4.69, 9.17) is 5.53 Å². The average molecular weight is 163 g/mol. The van der Waals surface area contributed by atoms with E-state index in [1.54, 1.807) is 12.5 Å². The summed E-state index contributed by atoms with van der Waals surface area (Å²) in [6.07, 6.45) is 5.92. The van der Waals surface area contributed by atoms with Gasteiger partial charge in [0.15, 0.2) is 0 Å². The maximum atomic E-state index is 8.07. The van der Waals surface area contributed by atoms with Crippen LogP contribution in [0.15, 0.2) is 36.1 Å². The Morgan fingerprint density at radius 1 is 1.75 bits per heavy atom. The highest BCUT2D eigenvalue weighted by Crippen LogP contribution is 2.02. The molecule has 0 amide bonds. The van der Waals surface area contributed by atoms with Gasteiger partial charge in [0, 0.05) is 29.5 Å². The standard InChI is InChI=1S/C7H9N5/c1-7(10-11-8)2-4-12-5-3-9-6-12/h3,5-6H,1-2,4H2. The molecule has 1 heterocycles. The van der Waals surface area contributed by atoms with Crippen LogP contribution in [-0.4, -0.2) is 9.55 Å². The highest BCUT2D eigenvalue weighted by Gasteiger charge is 1.91. The fourth-order valence-electron chi connectivity index (χ4n) is 0.790. The number of aryl methyl sites for hydroxylation is 1. The van der Waals surface area contributed by atoms with E-state index in [1.807, 2.05) is 10.8 Å². The SMILES string of the molecule is C=C(CCn1ccnc1)N=[N+]=[N-]. The Morgan fingerprint density at radius 3 is 3.17 bits per heavy atom. The molecule has 62 valence electrons. The number of aromatic nitrogens is 2. The van der Waals surface area contributed by atoms with Gasteiger partial charge in [-0.15, -0.1) is 0 Å². The van der Waals surface area contributed by atoms with E-state index in [9.17, 15) is 0 Å². The minimum absolute atomic E-state index is 0.547. The summed E-state index contributed by atoms with van der Waals surface area (Å²) in [4.78, 5) is 6.51. The Hall–Kier alpha value is -1.74. The zero-order valence-corrected chi connectivity index (χ0v) is 6.59. The molecule has 0 unspecified atom stereocenters. The lowest BCUT2D eigenvalue weighted by molar-refractivity contribution is 0.688. The zero-order valence-electron chi connectivity index (χ0n) is 6.59. The molecule has 1 aromatic heterocycles. The Morgan fingerprint density at radius 2 is 2.58 bits per heavy atom. The molecule has 5 nitrogen and oxygen atoms in total. The molecule has 0 radical (unpaired) electrons. The lowest BCUT2D eigenvalue weighted by Gasteiger charge is -1.99. The summed E-state index contributed by atoms with van der Waals surface area (Å²) in [5.41, 5.74) is 8.62. The quantitative estimate of drug-likeness (QED) is 0.380. The zero-order chi connectivity index (χ0) is 8.81. The predicted octanol–water partition coefficient (Wildman–Crippen LogP) is 2.10. The summed E-state index contributed by atoms with van der Waals surface area (Å²) in [5, 5.41) is 3.38. The molecule has 0 aliphatic carbocycles. The summed E-state index contributed by atoms with van der Waals surface area (Å²) in [5.74, 6) is 0. The second kappa shape index (κ2) is 4.20. The van der Waals surface area contributed by atoms with Crippen LogP contribution in [0, 0.1) is 0 Å². The molecule has 0 aliphatic rings. The van der Waals surface area contributed by atoms with Gasteiger partial charge in [0.2, 0.25) is 0 Å². The molecule has 0 fully saturated rings. The number of allylic oxidation sites excluding steroid dienone is 1. The van der Waals surface area contributed by atoms with Crippen molar-refractivity contribution >= 4 is 0 Å². The molecule has 1 rings (SSSR count). The number of rotatable bonds is 4. The van der Waals surface area contributed by atoms with Crippen molar-refractivity contribution in [3.8, 4) is 0 Å². The Labute approximate surface area is 70.0 Å². The van der Waals surface area contributed by atoms with Gasteiger partial charge in [0.1, 0.15) is 0 Å². The Kier molecular flexibility index (Phi) is 2.93. The van der Waals surface area contributed by atoms with E-state index in [0.29, 0.717) is 12.1 Å². The fraction of sp³-hybridized carbons (Fsp3) is 0.286. The highest BCUT2D eigenvalue weighted by molar-refractivity contribution is 4.91. The van der Waals surface area contributed by atoms with Crippen molar-refractivity contribution in [3.63, 3.8) is 0 Å². The van der Waals surface area contributed by atoms with Crippen molar-refractivity contribution in [2.45, 2.75) is 13.0 Å². The first kappa shape index (κ1) is 8.36. The maximum Gasteiger partial charge on any atom is 0.0946 e. The van der Waals surface area contributed by atoms with Gasteiger partial charge in [-0.05, 0) is 12.0 Å². The molecular formula is C7H9N5. The molecular weight excluding hydrogens is 154 g/mol. The van der Waals surface area contributed by atoms with Crippen LogP contribution in [-0.2, 0) is 6.54 Å². The van der Waals surface area contributed by atoms with Crippen molar-refractivity contribution < 1.29 is 0 Å². The van der Waals surface area contributed by atoms with Gasteiger partial charge in [0.05, 0.1) is 6.33 Å². The van der Waals surface area contributed by atoms with Crippen LogP contribution in [0.1, 0.15) is 6.42 Å². The van der Waals surface area contributed by atoms with E-state index in [1.165, 1.54) is 0 Å². The van der Waals surface area contributed by atoms with Gasteiger partial charge >= 0.3 is 0 Å². The average Bonchev–Trinajstić information content (AvgIpc) is 2.53. The number of hydrogen-bond donors (Lipinski definition) is 0. The van der Waals surface area contributed by atoms with Crippen molar-refractivity contribution in [3.05, 3.63) is 41.4 Å².